The number of nitrogens with zero attached hydrogens (tertiary/aromatic N) is 2. The first kappa shape index (κ1) is 9.73. The van der Waals surface area contributed by atoms with Crippen molar-refractivity contribution >= 4 is 27.6 Å². The van der Waals surface area contributed by atoms with E-state index in [-0.39, 0.29) is 0 Å². The third-order valence-corrected chi connectivity index (χ3v) is 2.59. The third-order valence-electron chi connectivity index (χ3n) is 2.13. The molecule has 76 valence electrons. The van der Waals surface area contributed by atoms with Crippen LogP contribution >= 0.6 is 15.9 Å². The quantitative estimate of drug-likeness (QED) is 0.824. The highest BCUT2D eigenvalue weighted by Gasteiger charge is 2.12. The van der Waals surface area contributed by atoms with Crippen LogP contribution in [0.3, 0.4) is 0 Å². The average molecular weight is 258 g/mol. The maximum atomic E-state index is 5.67. The van der Waals surface area contributed by atoms with E-state index in [1.807, 2.05) is 6.07 Å². The summed E-state index contributed by atoms with van der Waals surface area (Å²) in [6, 6.07) is 3.77. The fraction of sp³-hybridized carbons (Fsp3) is 0.444. The average Bonchev–Trinajstić information content (AvgIpc) is 2.18. The van der Waals surface area contributed by atoms with E-state index in [1.54, 1.807) is 6.07 Å². The van der Waals surface area contributed by atoms with E-state index in [1.165, 1.54) is 0 Å². The zero-order valence-electron chi connectivity index (χ0n) is 7.74. The second-order valence-electron chi connectivity index (χ2n) is 3.17. The molecule has 1 aromatic heterocycles. The molecule has 2 rings (SSSR count). The van der Waals surface area contributed by atoms with Crippen LogP contribution in [0.4, 0.5) is 11.6 Å². The van der Waals surface area contributed by atoms with Crippen molar-refractivity contribution < 1.29 is 4.74 Å². The summed E-state index contributed by atoms with van der Waals surface area (Å²) < 4.78 is 6.23. The van der Waals surface area contributed by atoms with Crippen molar-refractivity contribution in [1.29, 1.82) is 0 Å². The summed E-state index contributed by atoms with van der Waals surface area (Å²) in [5.41, 5.74) is 5.67. The highest BCUT2D eigenvalue weighted by molar-refractivity contribution is 9.10. The first-order valence-corrected chi connectivity index (χ1v) is 5.31. The van der Waals surface area contributed by atoms with E-state index >= 15 is 0 Å². The molecule has 0 radical (unpaired) electrons. The minimum atomic E-state index is 0.542. The van der Waals surface area contributed by atoms with Gasteiger partial charge in [-0.25, -0.2) is 4.98 Å². The number of pyridine rings is 1. The molecule has 0 amide bonds. The predicted molar refractivity (Wildman–Crippen MR) is 59.4 cm³/mol. The van der Waals surface area contributed by atoms with Crippen LogP contribution in [-0.2, 0) is 4.74 Å². The molecule has 0 aliphatic carbocycles. The van der Waals surface area contributed by atoms with Crippen molar-refractivity contribution in [3.05, 3.63) is 16.6 Å². The number of hydrogen-bond acceptors (Lipinski definition) is 4. The number of halogens is 1. The molecule has 0 saturated carbocycles. The molecule has 1 aliphatic heterocycles. The van der Waals surface area contributed by atoms with E-state index < -0.39 is 0 Å². The third kappa shape index (κ3) is 2.16. The highest BCUT2D eigenvalue weighted by Crippen LogP contribution is 2.21. The van der Waals surface area contributed by atoms with Gasteiger partial charge in [-0.1, -0.05) is 15.9 Å². The zero-order valence-corrected chi connectivity index (χ0v) is 9.33. The Kier molecular flexibility index (Phi) is 2.88. The lowest BCUT2D eigenvalue weighted by molar-refractivity contribution is 0.122. The van der Waals surface area contributed by atoms with Crippen LogP contribution in [0.2, 0.25) is 0 Å². The summed E-state index contributed by atoms with van der Waals surface area (Å²) in [5.74, 6) is 1.46. The van der Waals surface area contributed by atoms with Crippen LogP contribution in [0.1, 0.15) is 0 Å². The van der Waals surface area contributed by atoms with Crippen molar-refractivity contribution in [1.82, 2.24) is 4.98 Å². The number of aromatic nitrogens is 1. The Morgan fingerprint density at radius 3 is 2.71 bits per heavy atom. The van der Waals surface area contributed by atoms with Crippen LogP contribution in [0, 0.1) is 0 Å². The van der Waals surface area contributed by atoms with Crippen molar-refractivity contribution in [3.63, 3.8) is 0 Å². The number of ether oxygens (including phenoxy) is 1. The molecule has 0 atom stereocenters. The van der Waals surface area contributed by atoms with Crippen LogP contribution in [0.15, 0.2) is 16.6 Å². The van der Waals surface area contributed by atoms with Gasteiger partial charge in [0.15, 0.2) is 0 Å². The second kappa shape index (κ2) is 4.14. The SMILES string of the molecule is Nc1cc(Br)cc(N2CCOCC2)n1. The molecular weight excluding hydrogens is 246 g/mol. The Morgan fingerprint density at radius 2 is 2.07 bits per heavy atom. The summed E-state index contributed by atoms with van der Waals surface area (Å²) in [7, 11) is 0. The van der Waals surface area contributed by atoms with E-state index in [9.17, 15) is 0 Å². The Balaban J connectivity index is 2.21. The number of nitrogens with two attached hydrogens (primary N) is 1. The van der Waals surface area contributed by atoms with Gasteiger partial charge >= 0.3 is 0 Å². The first-order valence-electron chi connectivity index (χ1n) is 4.51. The van der Waals surface area contributed by atoms with Crippen molar-refractivity contribution in [3.8, 4) is 0 Å². The first-order chi connectivity index (χ1) is 6.75. The van der Waals surface area contributed by atoms with E-state index in [2.05, 4.69) is 25.8 Å². The molecule has 0 unspecified atom stereocenters. The van der Waals surface area contributed by atoms with Crippen LogP contribution in [0.25, 0.3) is 0 Å². The van der Waals surface area contributed by atoms with E-state index in [0.29, 0.717) is 5.82 Å². The van der Waals surface area contributed by atoms with Crippen LogP contribution < -0.4 is 10.6 Å². The topological polar surface area (TPSA) is 51.4 Å². The molecule has 1 saturated heterocycles. The summed E-state index contributed by atoms with van der Waals surface area (Å²) in [4.78, 5) is 6.45. The van der Waals surface area contributed by atoms with Crippen molar-refractivity contribution in [2.24, 2.45) is 0 Å². The van der Waals surface area contributed by atoms with E-state index in [0.717, 1.165) is 36.6 Å². The van der Waals surface area contributed by atoms with Gasteiger partial charge in [-0.3, -0.25) is 0 Å². The van der Waals surface area contributed by atoms with Gasteiger partial charge in [0.05, 0.1) is 13.2 Å². The molecule has 1 fully saturated rings. The molecule has 0 bridgehead atoms. The number of rotatable bonds is 1. The van der Waals surface area contributed by atoms with Gasteiger partial charge in [0, 0.05) is 17.6 Å². The molecule has 2 N–H and O–H groups in total. The Bertz CT molecular complexity index is 306. The summed E-state index contributed by atoms with van der Waals surface area (Å²) >= 11 is 3.40. The molecule has 1 aromatic rings. The van der Waals surface area contributed by atoms with E-state index in [4.69, 9.17) is 10.5 Å². The largest absolute Gasteiger partial charge is 0.384 e. The van der Waals surface area contributed by atoms with Crippen molar-refractivity contribution in [2.45, 2.75) is 0 Å². The second-order valence-corrected chi connectivity index (χ2v) is 4.08. The van der Waals surface area contributed by atoms with Gasteiger partial charge < -0.3 is 15.4 Å². The maximum absolute atomic E-state index is 5.67. The summed E-state index contributed by atoms with van der Waals surface area (Å²) in [5, 5.41) is 0. The van der Waals surface area contributed by atoms with Gasteiger partial charge in [-0.15, -0.1) is 0 Å². The zero-order chi connectivity index (χ0) is 9.97. The fourth-order valence-corrected chi connectivity index (χ4v) is 1.90. The normalized spacial score (nSPS) is 17.1. The Labute approximate surface area is 91.2 Å². The lowest BCUT2D eigenvalue weighted by Gasteiger charge is -2.27. The van der Waals surface area contributed by atoms with Crippen LogP contribution in [0.5, 0.6) is 0 Å². The lowest BCUT2D eigenvalue weighted by Crippen LogP contribution is -2.36. The van der Waals surface area contributed by atoms with Gasteiger partial charge in [0.1, 0.15) is 11.6 Å². The smallest absolute Gasteiger partial charge is 0.132 e. The lowest BCUT2D eigenvalue weighted by atomic mass is 10.3. The number of hydrogen-bond donors (Lipinski definition) is 1. The highest BCUT2D eigenvalue weighted by atomic mass is 79.9. The molecule has 0 aromatic carbocycles. The Morgan fingerprint density at radius 1 is 1.36 bits per heavy atom. The number of nitrogen functional groups attached to an aromatic ring is 1. The fourth-order valence-electron chi connectivity index (χ4n) is 1.46. The van der Waals surface area contributed by atoms with Gasteiger partial charge in [0.2, 0.25) is 0 Å². The molecular formula is C9H12BrN3O. The van der Waals surface area contributed by atoms with Gasteiger partial charge in [-0.2, -0.15) is 0 Å². The monoisotopic (exact) mass is 257 g/mol. The molecule has 2 heterocycles. The summed E-state index contributed by atoms with van der Waals surface area (Å²) in [6.45, 7) is 3.27. The van der Waals surface area contributed by atoms with Crippen LogP contribution in [-0.4, -0.2) is 31.3 Å². The minimum Gasteiger partial charge on any atom is -0.384 e. The standard InChI is InChI=1S/C9H12BrN3O/c10-7-5-8(11)12-9(6-7)13-1-3-14-4-2-13/h5-6H,1-4H2,(H2,11,12). The molecule has 4 nitrogen and oxygen atoms in total. The summed E-state index contributed by atoms with van der Waals surface area (Å²) in [6.07, 6.45) is 0. The molecule has 14 heavy (non-hydrogen) atoms. The Hall–Kier alpha value is -0.810. The molecule has 0 spiro atoms. The minimum absolute atomic E-state index is 0.542. The number of morpholine rings is 1. The van der Waals surface area contributed by atoms with Crippen molar-refractivity contribution in [2.75, 3.05) is 36.9 Å². The predicted octanol–water partition coefficient (Wildman–Crippen LogP) is 1.26. The molecule has 1 aliphatic rings. The maximum Gasteiger partial charge on any atom is 0.132 e. The number of anilines is 2. The van der Waals surface area contributed by atoms with Gasteiger partial charge in [0.25, 0.3) is 0 Å². The molecule has 5 heteroatoms. The van der Waals surface area contributed by atoms with Gasteiger partial charge in [-0.05, 0) is 12.1 Å².